The number of thiophene rings is 1. The highest BCUT2D eigenvalue weighted by molar-refractivity contribution is 7.16. The van der Waals surface area contributed by atoms with E-state index < -0.39 is 0 Å². The van der Waals surface area contributed by atoms with Crippen molar-refractivity contribution in [2.45, 2.75) is 40.0 Å². The van der Waals surface area contributed by atoms with Crippen molar-refractivity contribution in [2.24, 2.45) is 16.3 Å². The van der Waals surface area contributed by atoms with Gasteiger partial charge in [0.25, 0.3) is 0 Å². The maximum atomic E-state index is 9.85. The average molecular weight is 428 g/mol. The quantitative estimate of drug-likeness (QED) is 0.442. The van der Waals surface area contributed by atoms with Crippen molar-refractivity contribution >= 4 is 33.3 Å². The van der Waals surface area contributed by atoms with Crippen molar-refractivity contribution in [3.8, 4) is 17.9 Å². The van der Waals surface area contributed by atoms with Crippen molar-refractivity contribution < 1.29 is 4.74 Å². The van der Waals surface area contributed by atoms with Crippen LogP contribution in [0.25, 0.3) is 10.8 Å². The fourth-order valence-corrected chi connectivity index (χ4v) is 5.51. The highest BCUT2D eigenvalue weighted by Gasteiger charge is 2.32. The summed E-state index contributed by atoms with van der Waals surface area (Å²) < 4.78 is 5.66. The third-order valence-electron chi connectivity index (χ3n) is 6.12. The van der Waals surface area contributed by atoms with Crippen LogP contribution in [-0.2, 0) is 12.8 Å². The van der Waals surface area contributed by atoms with E-state index in [4.69, 9.17) is 15.0 Å². The summed E-state index contributed by atoms with van der Waals surface area (Å²) in [6.45, 7) is 6.86. The Morgan fingerprint density at radius 2 is 2.00 bits per heavy atom. The molecule has 4 rings (SSSR count). The Morgan fingerprint density at radius 1 is 1.19 bits per heavy atom. The van der Waals surface area contributed by atoms with E-state index in [0.717, 1.165) is 40.6 Å². The number of hydrogen-bond acceptors (Lipinski definition) is 5. The van der Waals surface area contributed by atoms with Gasteiger partial charge >= 0.3 is 0 Å². The second-order valence-corrected chi connectivity index (χ2v) is 10.1. The van der Waals surface area contributed by atoms with Crippen LogP contribution in [-0.4, -0.2) is 12.8 Å². The first kappa shape index (κ1) is 21.1. The molecular formula is C26H25N3OS. The van der Waals surface area contributed by atoms with Crippen LogP contribution >= 0.6 is 11.3 Å². The van der Waals surface area contributed by atoms with Gasteiger partial charge in [-0.25, -0.2) is 4.99 Å². The molecule has 2 aromatic carbocycles. The van der Waals surface area contributed by atoms with E-state index in [1.165, 1.54) is 10.4 Å². The maximum absolute atomic E-state index is 9.85. The van der Waals surface area contributed by atoms with Gasteiger partial charge < -0.3 is 4.74 Å². The molecule has 0 fully saturated rings. The number of nitrogens with zero attached hydrogens (tertiary/aromatic N) is 3. The van der Waals surface area contributed by atoms with Crippen molar-refractivity contribution in [2.75, 3.05) is 6.61 Å². The number of fused-ring (bicyclic) bond motifs is 2. The van der Waals surface area contributed by atoms with E-state index >= 15 is 0 Å². The summed E-state index contributed by atoms with van der Waals surface area (Å²) in [6, 6.07) is 16.3. The molecule has 3 aromatic rings. The zero-order valence-corrected chi connectivity index (χ0v) is 18.9. The lowest BCUT2D eigenvalue weighted by atomic mass is 9.72. The molecule has 1 aromatic heterocycles. The second kappa shape index (κ2) is 8.53. The summed E-state index contributed by atoms with van der Waals surface area (Å²) in [7, 11) is 0. The minimum absolute atomic E-state index is 0.0237. The first-order chi connectivity index (χ1) is 14.9. The molecule has 0 spiro atoms. The fraction of sp³-hybridized carbons (Fsp3) is 0.346. The summed E-state index contributed by atoms with van der Waals surface area (Å²) in [6.07, 6.45) is 4.85. The summed E-state index contributed by atoms with van der Waals surface area (Å²) >= 11 is 1.64. The minimum Gasteiger partial charge on any atom is -0.478 e. The van der Waals surface area contributed by atoms with Gasteiger partial charge in [-0.15, -0.1) is 11.3 Å². The normalized spacial score (nSPS) is 16.1. The van der Waals surface area contributed by atoms with Crippen LogP contribution in [0.5, 0.6) is 5.75 Å². The van der Waals surface area contributed by atoms with Crippen LogP contribution in [0.1, 0.15) is 48.8 Å². The van der Waals surface area contributed by atoms with Gasteiger partial charge in [-0.1, -0.05) is 51.1 Å². The number of benzene rings is 2. The van der Waals surface area contributed by atoms with E-state index in [0.29, 0.717) is 17.2 Å². The van der Waals surface area contributed by atoms with E-state index in [-0.39, 0.29) is 12.0 Å². The molecule has 5 heteroatoms. The average Bonchev–Trinajstić information content (AvgIpc) is 3.12. The van der Waals surface area contributed by atoms with E-state index in [1.807, 2.05) is 42.5 Å². The minimum atomic E-state index is -0.0237. The lowest BCUT2D eigenvalue weighted by Crippen LogP contribution is -2.26. The van der Waals surface area contributed by atoms with Crippen molar-refractivity contribution in [1.82, 2.24) is 0 Å². The Morgan fingerprint density at radius 3 is 2.74 bits per heavy atom. The predicted octanol–water partition coefficient (Wildman–Crippen LogP) is 6.58. The maximum Gasteiger partial charge on any atom is 0.174 e. The van der Waals surface area contributed by atoms with Gasteiger partial charge in [0, 0.05) is 16.7 Å². The van der Waals surface area contributed by atoms with Crippen LogP contribution in [0.3, 0.4) is 0 Å². The van der Waals surface area contributed by atoms with Gasteiger partial charge in [-0.2, -0.15) is 10.5 Å². The third kappa shape index (κ3) is 4.20. The van der Waals surface area contributed by atoms with Crippen LogP contribution in [0.15, 0.2) is 41.4 Å². The summed E-state index contributed by atoms with van der Waals surface area (Å²) in [5.74, 6) is 1.24. The van der Waals surface area contributed by atoms with E-state index in [1.54, 1.807) is 17.6 Å². The Bertz CT molecular complexity index is 1230. The van der Waals surface area contributed by atoms with Gasteiger partial charge in [-0.3, -0.25) is 0 Å². The zero-order valence-electron chi connectivity index (χ0n) is 18.1. The Balaban J connectivity index is 1.75. The molecule has 0 saturated carbocycles. The Labute approximate surface area is 187 Å². The van der Waals surface area contributed by atoms with Gasteiger partial charge in [0.1, 0.15) is 22.9 Å². The largest absolute Gasteiger partial charge is 0.478 e. The number of aliphatic imine (C=N–C) groups is 1. The zero-order chi connectivity index (χ0) is 22.0. The molecule has 31 heavy (non-hydrogen) atoms. The van der Waals surface area contributed by atoms with Gasteiger partial charge in [0.05, 0.1) is 5.56 Å². The number of hydrogen-bond donors (Lipinski definition) is 0. The molecule has 0 N–H and O–H groups in total. The SMILES string of the molecule is CC(C)(C)[C@H]1CCc2c(sc(N=Cc3c(OCC#N)ccc4ccccc34)c2C#N)C1. The molecule has 0 unspecified atom stereocenters. The molecule has 0 amide bonds. The van der Waals surface area contributed by atoms with Gasteiger partial charge in [0.2, 0.25) is 0 Å². The molecule has 0 saturated heterocycles. The lowest BCUT2D eigenvalue weighted by Gasteiger charge is -2.33. The third-order valence-corrected chi connectivity index (χ3v) is 7.28. The molecule has 4 nitrogen and oxygen atoms in total. The van der Waals surface area contributed by atoms with Crippen LogP contribution in [0.4, 0.5) is 5.00 Å². The second-order valence-electron chi connectivity index (χ2n) is 9.00. The topological polar surface area (TPSA) is 69.2 Å². The molecular weight excluding hydrogens is 402 g/mol. The van der Waals surface area contributed by atoms with Gasteiger partial charge in [0.15, 0.2) is 6.61 Å². The Hall–Kier alpha value is -3.15. The predicted molar refractivity (Wildman–Crippen MR) is 126 cm³/mol. The lowest BCUT2D eigenvalue weighted by molar-refractivity contribution is 0.218. The highest BCUT2D eigenvalue weighted by Crippen LogP contribution is 2.45. The van der Waals surface area contributed by atoms with E-state index in [2.05, 4.69) is 26.8 Å². The first-order valence-corrected chi connectivity index (χ1v) is 11.3. The number of nitriles is 2. The molecule has 0 bridgehead atoms. The van der Waals surface area contributed by atoms with Crippen molar-refractivity contribution in [3.63, 3.8) is 0 Å². The highest BCUT2D eigenvalue weighted by atomic mass is 32.1. The smallest absolute Gasteiger partial charge is 0.174 e. The van der Waals surface area contributed by atoms with Crippen LogP contribution in [0.2, 0.25) is 0 Å². The Kier molecular flexibility index (Phi) is 5.81. The molecule has 1 aliphatic rings. The van der Waals surface area contributed by atoms with Crippen molar-refractivity contribution in [1.29, 1.82) is 10.5 Å². The monoisotopic (exact) mass is 427 g/mol. The number of ether oxygens (including phenoxy) is 1. The van der Waals surface area contributed by atoms with Crippen molar-refractivity contribution in [3.05, 3.63) is 58.0 Å². The molecule has 0 aliphatic heterocycles. The van der Waals surface area contributed by atoms with Crippen LogP contribution < -0.4 is 4.74 Å². The fourth-order valence-electron chi connectivity index (χ4n) is 4.28. The molecule has 0 radical (unpaired) electrons. The van der Waals surface area contributed by atoms with Crippen LogP contribution in [0, 0.1) is 34.0 Å². The molecule has 156 valence electrons. The summed E-state index contributed by atoms with van der Waals surface area (Å²) in [5.41, 5.74) is 2.98. The molecule has 1 aliphatic carbocycles. The molecule has 1 atom stereocenters. The number of rotatable bonds is 4. The first-order valence-electron chi connectivity index (χ1n) is 10.5. The summed E-state index contributed by atoms with van der Waals surface area (Å²) in [4.78, 5) is 6.07. The standard InChI is InChI=1S/C26H25N3OS/c1-26(2,3)18-9-10-20-21(15-28)25(31-24(20)14-18)29-16-22-19-7-5-4-6-17(19)8-11-23(22)30-13-12-27/h4-8,11,16,18H,9-10,13-14H2,1-3H3/t18-/m0/s1. The molecule has 1 heterocycles. The summed E-state index contributed by atoms with van der Waals surface area (Å²) in [5, 5.41) is 21.6. The van der Waals surface area contributed by atoms with Gasteiger partial charge in [-0.05, 0) is 53.0 Å². The van der Waals surface area contributed by atoms with E-state index in [9.17, 15) is 5.26 Å².